The molecule has 0 unspecified atom stereocenters. The Kier molecular flexibility index (Phi) is 3.17. The fraction of sp³-hybridized carbons (Fsp3) is 0. The number of hydrogen-bond acceptors (Lipinski definition) is 6. The first kappa shape index (κ1) is 12.7. The third-order valence-corrected chi connectivity index (χ3v) is 3.40. The number of carbonyl (C=O) groups is 1. The molecule has 0 saturated carbocycles. The number of nitrogens with one attached hydrogen (secondary N) is 1. The average molecular weight is 308 g/mol. The second-order valence-corrected chi connectivity index (χ2v) is 5.11. The smallest absolute Gasteiger partial charge is 0.410 e. The largest absolute Gasteiger partial charge is 0.465 e. The molecular formula is C11H6ClN5O2S. The molecule has 3 aromatic rings. The van der Waals surface area contributed by atoms with Crippen LogP contribution in [0.25, 0.3) is 21.9 Å². The topological polar surface area (TPSA) is 101 Å². The zero-order valence-electron chi connectivity index (χ0n) is 9.74. The van der Waals surface area contributed by atoms with E-state index in [-0.39, 0.29) is 5.13 Å². The zero-order valence-corrected chi connectivity index (χ0v) is 11.3. The summed E-state index contributed by atoms with van der Waals surface area (Å²) >= 11 is 6.88. The minimum Gasteiger partial charge on any atom is -0.465 e. The molecule has 3 rings (SSSR count). The van der Waals surface area contributed by atoms with Crippen molar-refractivity contribution in [2.75, 3.05) is 5.32 Å². The Bertz CT molecular complexity index is 789. The van der Waals surface area contributed by atoms with E-state index in [0.717, 1.165) is 11.3 Å². The molecule has 7 nitrogen and oxygen atoms in total. The van der Waals surface area contributed by atoms with E-state index in [1.54, 1.807) is 12.1 Å². The molecule has 9 heteroatoms. The van der Waals surface area contributed by atoms with Gasteiger partial charge in [0.2, 0.25) is 0 Å². The van der Waals surface area contributed by atoms with Crippen LogP contribution in [0, 0.1) is 0 Å². The van der Waals surface area contributed by atoms with E-state index in [0.29, 0.717) is 26.9 Å². The molecule has 3 aromatic heterocycles. The number of anilines is 1. The molecule has 0 aromatic carbocycles. The van der Waals surface area contributed by atoms with E-state index in [9.17, 15) is 4.79 Å². The number of rotatable bonds is 2. The van der Waals surface area contributed by atoms with Crippen molar-refractivity contribution >= 4 is 44.6 Å². The molecule has 0 atom stereocenters. The third-order valence-electron chi connectivity index (χ3n) is 2.33. The summed E-state index contributed by atoms with van der Waals surface area (Å²) in [6.07, 6.45) is 1.87. The van der Waals surface area contributed by atoms with Gasteiger partial charge in [0, 0.05) is 6.20 Å². The minimum atomic E-state index is -1.18. The number of thiazole rings is 1. The molecule has 0 radical (unpaired) electrons. The summed E-state index contributed by atoms with van der Waals surface area (Å²) in [4.78, 5) is 27.7. The predicted molar refractivity (Wildman–Crippen MR) is 75.1 cm³/mol. The Balaban J connectivity index is 2.01. The molecule has 100 valence electrons. The second-order valence-electron chi connectivity index (χ2n) is 3.69. The highest BCUT2D eigenvalue weighted by Crippen LogP contribution is 2.25. The maximum absolute atomic E-state index is 10.6. The van der Waals surface area contributed by atoms with Crippen LogP contribution in [0.15, 0.2) is 24.5 Å². The number of halogens is 1. The molecule has 3 heterocycles. The standard InChI is InChI=1S/C11H6ClN5O2S/c12-5-1-2-6(13-3-5)7-4-14-8-9(15-7)20-10(16-8)17-11(18)19/h1-4H,(H,18,19)(H,14,16,17). The van der Waals surface area contributed by atoms with Crippen molar-refractivity contribution in [1.29, 1.82) is 0 Å². The highest BCUT2D eigenvalue weighted by Gasteiger charge is 2.10. The lowest BCUT2D eigenvalue weighted by molar-refractivity contribution is 0.210. The number of fused-ring (bicyclic) bond motifs is 1. The zero-order chi connectivity index (χ0) is 14.1. The van der Waals surface area contributed by atoms with Crippen molar-refractivity contribution in [3.05, 3.63) is 29.5 Å². The first-order valence-electron chi connectivity index (χ1n) is 5.37. The molecule has 0 aliphatic rings. The molecule has 0 aliphatic carbocycles. The van der Waals surface area contributed by atoms with Gasteiger partial charge in [0.05, 0.1) is 16.9 Å². The van der Waals surface area contributed by atoms with Crippen LogP contribution in [-0.4, -0.2) is 31.1 Å². The van der Waals surface area contributed by atoms with Crippen LogP contribution >= 0.6 is 22.9 Å². The summed E-state index contributed by atoms with van der Waals surface area (Å²) in [5, 5.41) is 11.6. The van der Waals surface area contributed by atoms with Gasteiger partial charge in [0.15, 0.2) is 15.6 Å². The number of amides is 1. The van der Waals surface area contributed by atoms with Gasteiger partial charge in [0.25, 0.3) is 0 Å². The van der Waals surface area contributed by atoms with Crippen molar-refractivity contribution in [1.82, 2.24) is 19.9 Å². The second kappa shape index (κ2) is 4.99. The molecule has 0 saturated heterocycles. The predicted octanol–water partition coefficient (Wildman–Crippen LogP) is 2.89. The summed E-state index contributed by atoms with van der Waals surface area (Å²) in [6, 6.07) is 3.44. The van der Waals surface area contributed by atoms with E-state index >= 15 is 0 Å². The van der Waals surface area contributed by atoms with Crippen LogP contribution in [0.4, 0.5) is 9.93 Å². The van der Waals surface area contributed by atoms with Crippen LogP contribution in [0.5, 0.6) is 0 Å². The maximum atomic E-state index is 10.6. The van der Waals surface area contributed by atoms with Crippen molar-refractivity contribution in [2.24, 2.45) is 0 Å². The summed E-state index contributed by atoms with van der Waals surface area (Å²) in [7, 11) is 0. The van der Waals surface area contributed by atoms with E-state index in [4.69, 9.17) is 16.7 Å². The van der Waals surface area contributed by atoms with Gasteiger partial charge in [-0.25, -0.2) is 14.8 Å². The summed E-state index contributed by atoms with van der Waals surface area (Å²) in [5.74, 6) is 0. The number of hydrogen-bond donors (Lipinski definition) is 2. The van der Waals surface area contributed by atoms with Crippen molar-refractivity contribution in [3.63, 3.8) is 0 Å². The number of carboxylic acid groups (broad SMARTS) is 1. The van der Waals surface area contributed by atoms with Crippen LogP contribution < -0.4 is 5.32 Å². The first-order valence-corrected chi connectivity index (χ1v) is 6.57. The summed E-state index contributed by atoms with van der Waals surface area (Å²) in [6.45, 7) is 0. The molecule has 0 spiro atoms. The highest BCUT2D eigenvalue weighted by atomic mass is 35.5. The van der Waals surface area contributed by atoms with Gasteiger partial charge in [-0.05, 0) is 12.1 Å². The lowest BCUT2D eigenvalue weighted by atomic mass is 10.3. The van der Waals surface area contributed by atoms with E-state index in [1.165, 1.54) is 12.4 Å². The Morgan fingerprint density at radius 1 is 1.20 bits per heavy atom. The third kappa shape index (κ3) is 2.51. The van der Waals surface area contributed by atoms with Gasteiger partial charge in [-0.3, -0.25) is 10.3 Å². The van der Waals surface area contributed by atoms with Gasteiger partial charge in [-0.1, -0.05) is 22.9 Å². The van der Waals surface area contributed by atoms with Crippen LogP contribution in [0.3, 0.4) is 0 Å². The Labute approximate surface area is 121 Å². The average Bonchev–Trinajstić information content (AvgIpc) is 2.79. The summed E-state index contributed by atoms with van der Waals surface area (Å²) < 4.78 is 0. The highest BCUT2D eigenvalue weighted by molar-refractivity contribution is 7.21. The SMILES string of the molecule is O=C(O)Nc1nc2ncc(-c3ccc(Cl)cn3)nc2s1. The van der Waals surface area contributed by atoms with Gasteiger partial charge < -0.3 is 5.11 Å². The van der Waals surface area contributed by atoms with Crippen LogP contribution in [0.1, 0.15) is 0 Å². The van der Waals surface area contributed by atoms with E-state index < -0.39 is 6.09 Å². The van der Waals surface area contributed by atoms with Crippen LogP contribution in [-0.2, 0) is 0 Å². The molecule has 0 aliphatic heterocycles. The van der Waals surface area contributed by atoms with Gasteiger partial charge in [-0.15, -0.1) is 0 Å². The fourth-order valence-corrected chi connectivity index (χ4v) is 2.42. The number of aromatic nitrogens is 4. The Hall–Kier alpha value is -2.32. The van der Waals surface area contributed by atoms with Gasteiger partial charge in [-0.2, -0.15) is 4.98 Å². The quantitative estimate of drug-likeness (QED) is 0.755. The maximum Gasteiger partial charge on any atom is 0.410 e. The molecule has 0 fully saturated rings. The van der Waals surface area contributed by atoms with Crippen molar-refractivity contribution in [2.45, 2.75) is 0 Å². The normalized spacial score (nSPS) is 10.7. The Morgan fingerprint density at radius 2 is 2.05 bits per heavy atom. The fourth-order valence-electron chi connectivity index (χ4n) is 1.52. The minimum absolute atomic E-state index is 0.230. The first-order chi connectivity index (χ1) is 9.61. The molecule has 2 N–H and O–H groups in total. The Morgan fingerprint density at radius 3 is 2.75 bits per heavy atom. The van der Waals surface area contributed by atoms with E-state index in [1.807, 2.05) is 0 Å². The van der Waals surface area contributed by atoms with E-state index in [2.05, 4.69) is 25.3 Å². The van der Waals surface area contributed by atoms with Gasteiger partial charge in [0.1, 0.15) is 5.69 Å². The molecule has 20 heavy (non-hydrogen) atoms. The van der Waals surface area contributed by atoms with Gasteiger partial charge >= 0.3 is 6.09 Å². The molecular weight excluding hydrogens is 302 g/mol. The molecule has 0 bridgehead atoms. The lowest BCUT2D eigenvalue weighted by Gasteiger charge is -1.98. The number of nitrogens with zero attached hydrogens (tertiary/aromatic N) is 4. The van der Waals surface area contributed by atoms with Crippen molar-refractivity contribution < 1.29 is 9.90 Å². The van der Waals surface area contributed by atoms with Crippen LogP contribution in [0.2, 0.25) is 5.02 Å². The lowest BCUT2D eigenvalue weighted by Crippen LogP contribution is -2.06. The van der Waals surface area contributed by atoms with Crippen molar-refractivity contribution in [3.8, 4) is 11.4 Å². The summed E-state index contributed by atoms with van der Waals surface area (Å²) in [5.41, 5.74) is 1.58. The molecule has 1 amide bonds. The number of pyridine rings is 1. The monoisotopic (exact) mass is 307 g/mol.